The Morgan fingerprint density at radius 1 is 1.11 bits per heavy atom. The normalized spacial score (nSPS) is 19.9. The molecule has 2 fully saturated rings. The Labute approximate surface area is 157 Å². The monoisotopic (exact) mass is 369 g/mol. The van der Waals surface area contributed by atoms with Crippen LogP contribution in [0.5, 0.6) is 0 Å². The van der Waals surface area contributed by atoms with Crippen LogP contribution >= 0.6 is 0 Å². The number of carbonyl (C=O) groups is 1. The molecule has 8 heteroatoms. The van der Waals surface area contributed by atoms with Crippen molar-refractivity contribution in [2.24, 2.45) is 0 Å². The summed E-state index contributed by atoms with van der Waals surface area (Å²) in [7, 11) is 0. The minimum atomic E-state index is -0.0896. The molecular weight excluding hydrogens is 346 g/mol. The number of carbonyl (C=O) groups excluding carboxylic acids is 1. The van der Waals surface area contributed by atoms with Crippen molar-refractivity contribution in [3.63, 3.8) is 0 Å². The number of nitrogens with zero attached hydrogens (tertiary/aromatic N) is 3. The highest BCUT2D eigenvalue weighted by atomic mass is 16.5. The highest BCUT2D eigenvalue weighted by molar-refractivity contribution is 5.94. The molecule has 3 heterocycles. The maximum atomic E-state index is 12.3. The Kier molecular flexibility index (Phi) is 5.17. The van der Waals surface area contributed by atoms with E-state index in [4.69, 9.17) is 15.2 Å². The Hall–Kier alpha value is -2.71. The number of amides is 1. The van der Waals surface area contributed by atoms with Crippen LogP contribution in [0.3, 0.4) is 0 Å². The van der Waals surface area contributed by atoms with Crippen LogP contribution in [-0.2, 0) is 9.47 Å². The van der Waals surface area contributed by atoms with Crippen molar-refractivity contribution in [1.82, 2.24) is 15.3 Å². The van der Waals surface area contributed by atoms with Gasteiger partial charge in [0.05, 0.1) is 31.6 Å². The summed E-state index contributed by atoms with van der Waals surface area (Å²) in [6.07, 6.45) is 0.856. The summed E-state index contributed by atoms with van der Waals surface area (Å²) in [5.41, 5.74) is 8.15. The number of hydrogen-bond acceptors (Lipinski definition) is 7. The quantitative estimate of drug-likeness (QED) is 0.831. The van der Waals surface area contributed by atoms with Gasteiger partial charge >= 0.3 is 0 Å². The second-order valence-corrected chi connectivity index (χ2v) is 6.68. The molecule has 0 radical (unpaired) electrons. The van der Waals surface area contributed by atoms with Crippen molar-refractivity contribution < 1.29 is 14.3 Å². The van der Waals surface area contributed by atoms with Crippen molar-refractivity contribution in [2.75, 3.05) is 50.2 Å². The third kappa shape index (κ3) is 4.17. The lowest BCUT2D eigenvalue weighted by Gasteiger charge is -2.28. The van der Waals surface area contributed by atoms with Gasteiger partial charge < -0.3 is 25.4 Å². The molecule has 1 aromatic carbocycles. The molecule has 1 atom stereocenters. The van der Waals surface area contributed by atoms with Gasteiger partial charge in [-0.1, -0.05) is 12.1 Å². The zero-order chi connectivity index (χ0) is 18.6. The molecule has 0 bridgehead atoms. The van der Waals surface area contributed by atoms with Crippen LogP contribution in [-0.4, -0.2) is 61.4 Å². The number of nitrogens with one attached hydrogen (secondary N) is 1. The number of nitrogen functional groups attached to an aromatic ring is 1. The first kappa shape index (κ1) is 17.7. The largest absolute Gasteiger partial charge is 0.379 e. The van der Waals surface area contributed by atoms with E-state index in [0.29, 0.717) is 32.0 Å². The summed E-state index contributed by atoms with van der Waals surface area (Å²) >= 11 is 0. The molecule has 0 aliphatic carbocycles. The predicted molar refractivity (Wildman–Crippen MR) is 102 cm³/mol. The number of rotatable bonds is 4. The zero-order valence-electron chi connectivity index (χ0n) is 15.1. The Morgan fingerprint density at radius 3 is 2.59 bits per heavy atom. The molecular formula is C19H23N5O3. The van der Waals surface area contributed by atoms with Crippen LogP contribution in [0.25, 0.3) is 11.3 Å². The van der Waals surface area contributed by atoms with Crippen LogP contribution in [0.2, 0.25) is 0 Å². The highest BCUT2D eigenvalue weighted by Crippen LogP contribution is 2.24. The number of hydrogen-bond donors (Lipinski definition) is 2. The summed E-state index contributed by atoms with van der Waals surface area (Å²) in [4.78, 5) is 23.2. The van der Waals surface area contributed by atoms with Crippen molar-refractivity contribution in [3.05, 3.63) is 35.9 Å². The maximum absolute atomic E-state index is 12.3. The molecule has 2 saturated heterocycles. The lowest BCUT2D eigenvalue weighted by atomic mass is 10.1. The second-order valence-electron chi connectivity index (χ2n) is 6.68. The van der Waals surface area contributed by atoms with E-state index in [2.05, 4.69) is 20.2 Å². The standard InChI is InChI=1S/C19H23N5O3/c20-19-22-16(11-17(23-19)24-6-9-26-10-7-24)13-1-3-14(4-2-13)18(25)21-15-5-8-27-12-15/h1-4,11,15H,5-10,12H2,(H,21,25)(H2,20,22,23)/t15-/m1/s1. The number of ether oxygens (including phenoxy) is 2. The third-order valence-corrected chi connectivity index (χ3v) is 4.77. The van der Waals surface area contributed by atoms with Crippen LogP contribution < -0.4 is 16.0 Å². The molecule has 3 N–H and O–H groups in total. The fraction of sp³-hybridized carbons (Fsp3) is 0.421. The number of aromatic nitrogens is 2. The average molecular weight is 369 g/mol. The first-order chi connectivity index (χ1) is 13.2. The van der Waals surface area contributed by atoms with Gasteiger partial charge in [-0.2, -0.15) is 4.98 Å². The molecule has 8 nitrogen and oxygen atoms in total. The Balaban J connectivity index is 1.51. The topological polar surface area (TPSA) is 103 Å². The molecule has 1 aromatic heterocycles. The lowest BCUT2D eigenvalue weighted by Crippen LogP contribution is -2.36. The van der Waals surface area contributed by atoms with Crippen molar-refractivity contribution >= 4 is 17.7 Å². The first-order valence-corrected chi connectivity index (χ1v) is 9.15. The van der Waals surface area contributed by atoms with E-state index in [0.717, 1.165) is 36.6 Å². The lowest BCUT2D eigenvalue weighted by molar-refractivity contribution is 0.0930. The SMILES string of the molecule is Nc1nc(-c2ccc(C(=O)N[C@@H]3CCOC3)cc2)cc(N2CCOCC2)n1. The van der Waals surface area contributed by atoms with Crippen LogP contribution in [0, 0.1) is 0 Å². The third-order valence-electron chi connectivity index (χ3n) is 4.77. The molecule has 4 rings (SSSR count). The molecule has 142 valence electrons. The number of morpholine rings is 1. The summed E-state index contributed by atoms with van der Waals surface area (Å²) in [5, 5.41) is 2.99. The van der Waals surface area contributed by atoms with Gasteiger partial charge in [0.25, 0.3) is 5.91 Å². The van der Waals surface area contributed by atoms with Crippen LogP contribution in [0.15, 0.2) is 30.3 Å². The van der Waals surface area contributed by atoms with Gasteiger partial charge in [0.2, 0.25) is 5.95 Å². The van der Waals surface area contributed by atoms with Crippen molar-refractivity contribution in [1.29, 1.82) is 0 Å². The van der Waals surface area contributed by atoms with Gasteiger partial charge in [-0.25, -0.2) is 4.98 Å². The highest BCUT2D eigenvalue weighted by Gasteiger charge is 2.19. The summed E-state index contributed by atoms with van der Waals surface area (Å²) < 4.78 is 10.7. The van der Waals surface area contributed by atoms with E-state index in [9.17, 15) is 4.79 Å². The van der Waals surface area contributed by atoms with E-state index in [1.807, 2.05) is 18.2 Å². The molecule has 27 heavy (non-hydrogen) atoms. The van der Waals surface area contributed by atoms with E-state index in [-0.39, 0.29) is 17.9 Å². The van der Waals surface area contributed by atoms with E-state index in [1.165, 1.54) is 0 Å². The van der Waals surface area contributed by atoms with Gasteiger partial charge in [-0.3, -0.25) is 4.79 Å². The molecule has 2 aliphatic heterocycles. The summed E-state index contributed by atoms with van der Waals surface area (Å²) in [6, 6.07) is 9.37. The number of nitrogens with two attached hydrogens (primary N) is 1. The van der Waals surface area contributed by atoms with Gasteiger partial charge in [0.15, 0.2) is 0 Å². The van der Waals surface area contributed by atoms with Gasteiger partial charge in [0, 0.05) is 36.9 Å². The minimum absolute atomic E-state index is 0.0896. The van der Waals surface area contributed by atoms with Crippen LogP contribution in [0.1, 0.15) is 16.8 Å². The fourth-order valence-corrected chi connectivity index (χ4v) is 3.26. The van der Waals surface area contributed by atoms with Crippen molar-refractivity contribution in [2.45, 2.75) is 12.5 Å². The van der Waals surface area contributed by atoms with E-state index >= 15 is 0 Å². The van der Waals surface area contributed by atoms with E-state index < -0.39 is 0 Å². The van der Waals surface area contributed by atoms with Crippen molar-refractivity contribution in [3.8, 4) is 11.3 Å². The molecule has 2 aliphatic rings. The molecule has 0 unspecified atom stereocenters. The fourth-order valence-electron chi connectivity index (χ4n) is 3.26. The van der Waals surface area contributed by atoms with Gasteiger partial charge in [-0.05, 0) is 18.6 Å². The summed E-state index contributed by atoms with van der Waals surface area (Å²) in [5.74, 6) is 0.939. The first-order valence-electron chi connectivity index (χ1n) is 9.15. The molecule has 2 aromatic rings. The second kappa shape index (κ2) is 7.89. The maximum Gasteiger partial charge on any atom is 0.251 e. The molecule has 0 spiro atoms. The average Bonchev–Trinajstić information content (AvgIpc) is 3.21. The van der Waals surface area contributed by atoms with Gasteiger partial charge in [0.1, 0.15) is 5.82 Å². The zero-order valence-corrected chi connectivity index (χ0v) is 15.1. The smallest absolute Gasteiger partial charge is 0.251 e. The summed E-state index contributed by atoms with van der Waals surface area (Å²) in [6.45, 7) is 4.18. The van der Waals surface area contributed by atoms with Crippen LogP contribution in [0.4, 0.5) is 11.8 Å². The Bertz CT molecular complexity index is 799. The van der Waals surface area contributed by atoms with E-state index in [1.54, 1.807) is 12.1 Å². The Morgan fingerprint density at radius 2 is 1.89 bits per heavy atom. The molecule has 1 amide bonds. The number of anilines is 2. The number of benzene rings is 1. The minimum Gasteiger partial charge on any atom is -0.379 e. The predicted octanol–water partition coefficient (Wildman–Crippen LogP) is 1.08. The molecule has 0 saturated carbocycles. The van der Waals surface area contributed by atoms with Gasteiger partial charge in [-0.15, -0.1) is 0 Å².